The van der Waals surface area contributed by atoms with Crippen LogP contribution in [0, 0.1) is 6.92 Å². The lowest BCUT2D eigenvalue weighted by Crippen LogP contribution is -2.34. The average molecular weight is 283 g/mol. The maximum absolute atomic E-state index is 11.8. The third-order valence-corrected chi connectivity index (χ3v) is 4.54. The van der Waals surface area contributed by atoms with E-state index in [2.05, 4.69) is 15.0 Å². The van der Waals surface area contributed by atoms with E-state index in [0.29, 0.717) is 12.0 Å². The van der Waals surface area contributed by atoms with Crippen LogP contribution in [0.3, 0.4) is 0 Å². The van der Waals surface area contributed by atoms with Crippen molar-refractivity contribution in [1.29, 1.82) is 0 Å². The smallest absolute Gasteiger partial charge is 0.329 e. The van der Waals surface area contributed by atoms with E-state index in [4.69, 9.17) is 5.53 Å². The van der Waals surface area contributed by atoms with Crippen LogP contribution in [0.15, 0.2) is 20.9 Å². The Morgan fingerprint density at radius 1 is 1.68 bits per heavy atom. The van der Waals surface area contributed by atoms with Gasteiger partial charge in [-0.2, -0.15) is 0 Å². The standard InChI is InChI=1S/C10H13N5O3S/c1-5-3-15(10(18)12-8(5)17)9-7(13-14-11)2-6(4-16)19-9/h3,6-7,9,16H,2,4H2,1H3,(H,12,17,18)/t6-,7+,9-/m0/s1. The van der Waals surface area contributed by atoms with Gasteiger partial charge in [-0.3, -0.25) is 14.3 Å². The number of thioether (sulfide) groups is 1. The highest BCUT2D eigenvalue weighted by molar-refractivity contribution is 8.00. The summed E-state index contributed by atoms with van der Waals surface area (Å²) in [6, 6.07) is -0.421. The van der Waals surface area contributed by atoms with Gasteiger partial charge >= 0.3 is 5.69 Å². The van der Waals surface area contributed by atoms with Crippen LogP contribution in [0.1, 0.15) is 17.4 Å². The second-order valence-corrected chi connectivity index (χ2v) is 5.74. The number of aliphatic hydroxyl groups is 1. The maximum atomic E-state index is 11.8. The molecule has 0 saturated carbocycles. The molecule has 8 nitrogen and oxygen atoms in total. The molecule has 0 amide bonds. The van der Waals surface area contributed by atoms with E-state index in [1.807, 2.05) is 0 Å². The minimum atomic E-state index is -0.537. The van der Waals surface area contributed by atoms with Gasteiger partial charge in [0, 0.05) is 21.9 Å². The van der Waals surface area contributed by atoms with Gasteiger partial charge in [0.25, 0.3) is 5.56 Å². The van der Waals surface area contributed by atoms with Crippen molar-refractivity contribution in [3.8, 4) is 0 Å². The molecule has 2 rings (SSSR count). The van der Waals surface area contributed by atoms with Crippen LogP contribution in [0.25, 0.3) is 10.4 Å². The number of aromatic nitrogens is 2. The Bertz CT molecular complexity index is 633. The van der Waals surface area contributed by atoms with E-state index in [1.165, 1.54) is 22.5 Å². The van der Waals surface area contributed by atoms with Crippen molar-refractivity contribution < 1.29 is 5.11 Å². The van der Waals surface area contributed by atoms with E-state index in [9.17, 15) is 14.7 Å². The molecule has 9 heteroatoms. The van der Waals surface area contributed by atoms with Crippen LogP contribution in [-0.4, -0.2) is 32.6 Å². The number of azide groups is 1. The van der Waals surface area contributed by atoms with Crippen molar-refractivity contribution in [2.45, 2.75) is 30.0 Å². The first-order valence-corrected chi connectivity index (χ1v) is 6.63. The number of nitrogens with zero attached hydrogens (tertiary/aromatic N) is 4. The topological polar surface area (TPSA) is 124 Å². The Labute approximate surface area is 112 Å². The SMILES string of the molecule is Cc1cn([C@H]2S[C@H](CO)C[C@H]2N=[N+]=[N-])c(=O)[nH]c1=O. The lowest BCUT2D eigenvalue weighted by Gasteiger charge is -2.17. The molecular formula is C10H13N5O3S. The van der Waals surface area contributed by atoms with E-state index in [-0.39, 0.29) is 11.9 Å². The molecule has 2 heterocycles. The Morgan fingerprint density at radius 2 is 2.42 bits per heavy atom. The fourth-order valence-corrected chi connectivity index (χ4v) is 3.47. The lowest BCUT2D eigenvalue weighted by atomic mass is 10.1. The highest BCUT2D eigenvalue weighted by Crippen LogP contribution is 2.42. The Morgan fingerprint density at radius 3 is 3.05 bits per heavy atom. The van der Waals surface area contributed by atoms with Crippen LogP contribution in [0.4, 0.5) is 0 Å². The van der Waals surface area contributed by atoms with Crippen molar-refractivity contribution >= 4 is 11.8 Å². The molecule has 1 fully saturated rings. The number of hydrogen-bond donors (Lipinski definition) is 2. The summed E-state index contributed by atoms with van der Waals surface area (Å²) >= 11 is 1.37. The average Bonchev–Trinajstić information content (AvgIpc) is 2.77. The molecule has 3 atom stereocenters. The van der Waals surface area contributed by atoms with E-state index in [0.717, 1.165) is 0 Å². The number of aromatic amines is 1. The summed E-state index contributed by atoms with van der Waals surface area (Å²) in [6.07, 6.45) is 1.96. The Balaban J connectivity index is 2.44. The maximum Gasteiger partial charge on any atom is 0.329 e. The van der Waals surface area contributed by atoms with Gasteiger partial charge in [0.15, 0.2) is 0 Å². The number of nitrogens with one attached hydrogen (secondary N) is 1. The summed E-state index contributed by atoms with van der Waals surface area (Å²) in [5, 5.41) is 12.4. The van der Waals surface area contributed by atoms with Crippen molar-refractivity contribution in [3.05, 3.63) is 43.0 Å². The van der Waals surface area contributed by atoms with Gasteiger partial charge in [0.2, 0.25) is 0 Å². The third kappa shape index (κ3) is 2.67. The van der Waals surface area contributed by atoms with Gasteiger partial charge in [-0.1, -0.05) is 5.11 Å². The highest BCUT2D eigenvalue weighted by atomic mass is 32.2. The zero-order valence-electron chi connectivity index (χ0n) is 10.2. The summed E-state index contributed by atoms with van der Waals surface area (Å²) in [6.45, 7) is 1.55. The van der Waals surface area contributed by atoms with Gasteiger partial charge in [-0.15, -0.1) is 11.8 Å². The predicted octanol–water partition coefficient (Wildman–Crippen LogP) is 0.520. The number of aryl methyl sites for hydroxylation is 1. The van der Waals surface area contributed by atoms with Crippen molar-refractivity contribution in [2.75, 3.05) is 6.61 Å². The second-order valence-electron chi connectivity index (χ2n) is 4.32. The molecule has 102 valence electrons. The number of aliphatic hydroxyl groups excluding tert-OH is 1. The summed E-state index contributed by atoms with van der Waals surface area (Å²) < 4.78 is 1.36. The largest absolute Gasteiger partial charge is 0.395 e. The molecule has 19 heavy (non-hydrogen) atoms. The summed E-state index contributed by atoms with van der Waals surface area (Å²) in [7, 11) is 0. The minimum Gasteiger partial charge on any atom is -0.395 e. The first kappa shape index (κ1) is 13.7. The van der Waals surface area contributed by atoms with Gasteiger partial charge in [-0.05, 0) is 18.9 Å². The van der Waals surface area contributed by atoms with Crippen LogP contribution >= 0.6 is 11.8 Å². The minimum absolute atomic E-state index is 0.0459. The first-order valence-electron chi connectivity index (χ1n) is 5.69. The monoisotopic (exact) mass is 283 g/mol. The normalized spacial score (nSPS) is 26.1. The first-order chi connectivity index (χ1) is 9.06. The van der Waals surface area contributed by atoms with Crippen LogP contribution in [-0.2, 0) is 0 Å². The molecular weight excluding hydrogens is 270 g/mol. The van der Waals surface area contributed by atoms with Crippen molar-refractivity contribution in [1.82, 2.24) is 9.55 Å². The molecule has 1 saturated heterocycles. The molecule has 1 aliphatic heterocycles. The zero-order valence-corrected chi connectivity index (χ0v) is 11.0. The van der Waals surface area contributed by atoms with Crippen molar-refractivity contribution in [2.24, 2.45) is 5.11 Å². The Kier molecular flexibility index (Phi) is 3.98. The molecule has 0 unspecified atom stereocenters. The van der Waals surface area contributed by atoms with Crippen LogP contribution in [0.5, 0.6) is 0 Å². The van der Waals surface area contributed by atoms with Gasteiger partial charge in [0.05, 0.1) is 18.0 Å². The van der Waals surface area contributed by atoms with Gasteiger partial charge < -0.3 is 5.11 Å². The fourth-order valence-electron chi connectivity index (χ4n) is 2.04. The predicted molar refractivity (Wildman–Crippen MR) is 71.1 cm³/mol. The highest BCUT2D eigenvalue weighted by Gasteiger charge is 2.36. The van der Waals surface area contributed by atoms with E-state index >= 15 is 0 Å². The van der Waals surface area contributed by atoms with Gasteiger partial charge in [0.1, 0.15) is 0 Å². The molecule has 1 aromatic rings. The van der Waals surface area contributed by atoms with Crippen LogP contribution < -0.4 is 11.2 Å². The number of rotatable bonds is 3. The molecule has 0 bridgehead atoms. The van der Waals surface area contributed by atoms with Crippen molar-refractivity contribution in [3.63, 3.8) is 0 Å². The molecule has 1 aromatic heterocycles. The second kappa shape index (κ2) is 5.52. The summed E-state index contributed by atoms with van der Waals surface area (Å²) in [5.74, 6) is 0. The molecule has 0 aliphatic carbocycles. The van der Waals surface area contributed by atoms with Gasteiger partial charge in [-0.25, -0.2) is 4.79 Å². The summed E-state index contributed by atoms with van der Waals surface area (Å²) in [5.41, 5.74) is 8.00. The molecule has 0 radical (unpaired) electrons. The zero-order chi connectivity index (χ0) is 14.0. The number of hydrogen-bond acceptors (Lipinski definition) is 5. The molecule has 1 aliphatic rings. The molecule has 2 N–H and O–H groups in total. The molecule has 0 aromatic carbocycles. The Hall–Kier alpha value is -1.70. The number of H-pyrrole nitrogens is 1. The van der Waals surface area contributed by atoms with Crippen LogP contribution in [0.2, 0.25) is 0 Å². The molecule has 0 spiro atoms. The lowest BCUT2D eigenvalue weighted by molar-refractivity contribution is 0.289. The van der Waals surface area contributed by atoms with E-state index in [1.54, 1.807) is 6.92 Å². The van der Waals surface area contributed by atoms with E-state index < -0.39 is 22.7 Å². The third-order valence-electron chi connectivity index (χ3n) is 2.99. The quantitative estimate of drug-likeness (QED) is 0.476. The summed E-state index contributed by atoms with van der Waals surface area (Å²) in [4.78, 5) is 28.2. The fraction of sp³-hybridized carbons (Fsp3) is 0.600.